The van der Waals surface area contributed by atoms with Gasteiger partial charge >= 0.3 is 0 Å². The fourth-order valence-electron chi connectivity index (χ4n) is 1.10. The predicted molar refractivity (Wildman–Crippen MR) is 43.7 cm³/mol. The average Bonchev–Trinajstić information content (AvgIpc) is 2.04. The molecule has 10 heavy (non-hydrogen) atoms. The van der Waals surface area contributed by atoms with Crippen molar-refractivity contribution in [2.75, 3.05) is 0 Å². The van der Waals surface area contributed by atoms with E-state index >= 15 is 0 Å². The summed E-state index contributed by atoms with van der Waals surface area (Å²) in [6.45, 7) is 2.80. The van der Waals surface area contributed by atoms with Crippen LogP contribution in [0.4, 0.5) is 0 Å². The highest BCUT2D eigenvalue weighted by Gasteiger charge is 1.94. The third-order valence-corrected chi connectivity index (χ3v) is 1.72. The lowest BCUT2D eigenvalue weighted by molar-refractivity contribution is 1.00. The van der Waals surface area contributed by atoms with E-state index in [2.05, 4.69) is 25.1 Å². The van der Waals surface area contributed by atoms with Crippen molar-refractivity contribution in [1.29, 1.82) is 0 Å². The van der Waals surface area contributed by atoms with Crippen LogP contribution in [-0.2, 0) is 13.0 Å². The standard InChI is InChI=1S/C9H13N/c1-2-8-5-3-4-6-9(8)7-10/h3-6H,2,7,10H2,1H3. The molecule has 0 saturated heterocycles. The Morgan fingerprint density at radius 2 is 1.80 bits per heavy atom. The molecule has 1 aromatic rings. The van der Waals surface area contributed by atoms with Gasteiger partial charge in [0.1, 0.15) is 0 Å². The van der Waals surface area contributed by atoms with E-state index < -0.39 is 0 Å². The molecule has 0 bridgehead atoms. The van der Waals surface area contributed by atoms with Crippen LogP contribution >= 0.6 is 0 Å². The van der Waals surface area contributed by atoms with E-state index in [-0.39, 0.29) is 0 Å². The first-order valence-corrected chi connectivity index (χ1v) is 3.65. The van der Waals surface area contributed by atoms with Crippen molar-refractivity contribution in [2.24, 2.45) is 5.73 Å². The van der Waals surface area contributed by atoms with Gasteiger partial charge in [0.25, 0.3) is 0 Å². The van der Waals surface area contributed by atoms with Crippen LogP contribution in [0.1, 0.15) is 18.1 Å². The number of hydrogen-bond donors (Lipinski definition) is 1. The maximum absolute atomic E-state index is 5.53. The van der Waals surface area contributed by atoms with Gasteiger partial charge in [0.15, 0.2) is 0 Å². The van der Waals surface area contributed by atoms with E-state index in [9.17, 15) is 0 Å². The molecule has 0 aliphatic carbocycles. The zero-order valence-corrected chi connectivity index (χ0v) is 6.30. The third-order valence-electron chi connectivity index (χ3n) is 1.72. The molecule has 0 aliphatic heterocycles. The van der Waals surface area contributed by atoms with Gasteiger partial charge in [-0.3, -0.25) is 0 Å². The molecular weight excluding hydrogens is 122 g/mol. The molecule has 1 aromatic carbocycles. The molecule has 0 amide bonds. The summed E-state index contributed by atoms with van der Waals surface area (Å²) in [5.41, 5.74) is 8.16. The van der Waals surface area contributed by atoms with Crippen LogP contribution < -0.4 is 5.73 Å². The summed E-state index contributed by atoms with van der Waals surface area (Å²) in [5, 5.41) is 0. The minimum absolute atomic E-state index is 0.657. The molecule has 1 rings (SSSR count). The van der Waals surface area contributed by atoms with Crippen LogP contribution in [-0.4, -0.2) is 0 Å². The van der Waals surface area contributed by atoms with Crippen LogP contribution in [0.25, 0.3) is 0 Å². The summed E-state index contributed by atoms with van der Waals surface area (Å²) in [4.78, 5) is 0. The van der Waals surface area contributed by atoms with E-state index in [0.717, 1.165) is 6.42 Å². The van der Waals surface area contributed by atoms with E-state index in [1.807, 2.05) is 6.07 Å². The molecule has 0 heterocycles. The Morgan fingerprint density at radius 3 is 2.20 bits per heavy atom. The fourth-order valence-corrected chi connectivity index (χ4v) is 1.10. The van der Waals surface area contributed by atoms with Gasteiger partial charge < -0.3 is 5.73 Å². The molecule has 0 unspecified atom stereocenters. The van der Waals surface area contributed by atoms with Crippen LogP contribution in [0, 0.1) is 0 Å². The van der Waals surface area contributed by atoms with Crippen molar-refractivity contribution in [3.63, 3.8) is 0 Å². The van der Waals surface area contributed by atoms with Gasteiger partial charge in [-0.15, -0.1) is 0 Å². The Balaban J connectivity index is 2.96. The monoisotopic (exact) mass is 135 g/mol. The molecule has 1 heteroatoms. The zero-order valence-electron chi connectivity index (χ0n) is 6.30. The Kier molecular flexibility index (Phi) is 2.46. The zero-order chi connectivity index (χ0) is 7.40. The maximum atomic E-state index is 5.53. The predicted octanol–water partition coefficient (Wildman–Crippen LogP) is 1.71. The molecule has 54 valence electrons. The van der Waals surface area contributed by atoms with E-state index in [4.69, 9.17) is 5.73 Å². The highest BCUT2D eigenvalue weighted by molar-refractivity contribution is 5.26. The molecule has 0 aliphatic rings. The van der Waals surface area contributed by atoms with Gasteiger partial charge in [-0.1, -0.05) is 31.2 Å². The number of benzene rings is 1. The average molecular weight is 135 g/mol. The smallest absolute Gasteiger partial charge is 0.0180 e. The first-order valence-electron chi connectivity index (χ1n) is 3.65. The lowest BCUT2D eigenvalue weighted by Gasteiger charge is -2.02. The van der Waals surface area contributed by atoms with Crippen LogP contribution in [0.15, 0.2) is 24.3 Å². The van der Waals surface area contributed by atoms with E-state index in [0.29, 0.717) is 6.54 Å². The minimum atomic E-state index is 0.657. The van der Waals surface area contributed by atoms with Gasteiger partial charge in [0.05, 0.1) is 0 Å². The number of nitrogens with two attached hydrogens (primary N) is 1. The summed E-state index contributed by atoms with van der Waals surface area (Å²) < 4.78 is 0. The summed E-state index contributed by atoms with van der Waals surface area (Å²) in [7, 11) is 0. The van der Waals surface area contributed by atoms with Crippen molar-refractivity contribution >= 4 is 0 Å². The molecular formula is C9H13N. The Morgan fingerprint density at radius 1 is 1.20 bits per heavy atom. The largest absolute Gasteiger partial charge is 0.326 e. The molecule has 0 fully saturated rings. The van der Waals surface area contributed by atoms with Gasteiger partial charge in [0, 0.05) is 6.54 Å². The lowest BCUT2D eigenvalue weighted by Crippen LogP contribution is -1.99. The number of rotatable bonds is 2. The molecule has 0 aromatic heterocycles. The lowest BCUT2D eigenvalue weighted by atomic mass is 10.1. The van der Waals surface area contributed by atoms with Crippen molar-refractivity contribution in [3.8, 4) is 0 Å². The van der Waals surface area contributed by atoms with Crippen LogP contribution in [0.2, 0.25) is 0 Å². The second-order valence-corrected chi connectivity index (χ2v) is 2.33. The number of aryl methyl sites for hydroxylation is 1. The summed E-state index contributed by atoms with van der Waals surface area (Å²) in [6.07, 6.45) is 1.08. The van der Waals surface area contributed by atoms with E-state index in [1.165, 1.54) is 11.1 Å². The normalized spacial score (nSPS) is 9.80. The van der Waals surface area contributed by atoms with Crippen LogP contribution in [0.3, 0.4) is 0 Å². The Hall–Kier alpha value is -0.820. The summed E-state index contributed by atoms with van der Waals surface area (Å²) in [5.74, 6) is 0. The minimum Gasteiger partial charge on any atom is -0.326 e. The number of hydrogen-bond acceptors (Lipinski definition) is 1. The quantitative estimate of drug-likeness (QED) is 0.656. The first kappa shape index (κ1) is 7.29. The van der Waals surface area contributed by atoms with Crippen molar-refractivity contribution in [2.45, 2.75) is 19.9 Å². The highest BCUT2D eigenvalue weighted by Crippen LogP contribution is 2.07. The maximum Gasteiger partial charge on any atom is 0.0180 e. The van der Waals surface area contributed by atoms with E-state index in [1.54, 1.807) is 0 Å². The fraction of sp³-hybridized carbons (Fsp3) is 0.333. The molecule has 0 spiro atoms. The molecule has 1 nitrogen and oxygen atoms in total. The molecule has 0 saturated carbocycles. The Bertz CT molecular complexity index is 183. The van der Waals surface area contributed by atoms with Crippen molar-refractivity contribution < 1.29 is 0 Å². The van der Waals surface area contributed by atoms with Crippen molar-refractivity contribution in [3.05, 3.63) is 35.4 Å². The van der Waals surface area contributed by atoms with Gasteiger partial charge in [-0.2, -0.15) is 0 Å². The van der Waals surface area contributed by atoms with Crippen LogP contribution in [0.5, 0.6) is 0 Å². The first-order chi connectivity index (χ1) is 4.88. The summed E-state index contributed by atoms with van der Waals surface area (Å²) in [6, 6.07) is 8.29. The Labute approximate surface area is 61.9 Å². The highest BCUT2D eigenvalue weighted by atomic mass is 14.5. The second kappa shape index (κ2) is 3.37. The molecule has 0 radical (unpaired) electrons. The van der Waals surface area contributed by atoms with Gasteiger partial charge in [0.2, 0.25) is 0 Å². The third kappa shape index (κ3) is 1.36. The SMILES string of the molecule is CCc1ccccc1CN. The van der Waals surface area contributed by atoms with Gasteiger partial charge in [-0.25, -0.2) is 0 Å². The van der Waals surface area contributed by atoms with Gasteiger partial charge in [-0.05, 0) is 17.5 Å². The summed E-state index contributed by atoms with van der Waals surface area (Å²) >= 11 is 0. The van der Waals surface area contributed by atoms with Crippen molar-refractivity contribution in [1.82, 2.24) is 0 Å². The molecule has 0 atom stereocenters. The second-order valence-electron chi connectivity index (χ2n) is 2.33. The molecule has 2 N–H and O–H groups in total. The topological polar surface area (TPSA) is 26.0 Å².